The molecule has 0 aromatic heterocycles. The fourth-order valence-corrected chi connectivity index (χ4v) is 0.632. The van der Waals surface area contributed by atoms with Gasteiger partial charge in [0.25, 0.3) is 0 Å². The predicted octanol–water partition coefficient (Wildman–Crippen LogP) is -0.844. The molecule has 14 heavy (non-hydrogen) atoms. The fourth-order valence-electron chi connectivity index (χ4n) is 0.632. The summed E-state index contributed by atoms with van der Waals surface area (Å²) in [5.41, 5.74) is 10.4. The minimum atomic E-state index is -2.87. The summed E-state index contributed by atoms with van der Waals surface area (Å²) in [7, 11) is -2.87. The standard InChI is InChI=1S/C6H14N2O2.HO3P/c7-4-2-1-3-5(8)6(9)10;1-4(2)3/h5H,1-4,7-8H2,(H,9,10);(H-,1,2,3)/p+1. The van der Waals surface area contributed by atoms with Crippen LogP contribution in [0.25, 0.3) is 0 Å². The Morgan fingerprint density at radius 3 is 2.07 bits per heavy atom. The number of nitrogens with two attached hydrogens (primary N) is 2. The summed E-state index contributed by atoms with van der Waals surface area (Å²) in [5, 5.41) is 8.33. The average molecular weight is 227 g/mol. The van der Waals surface area contributed by atoms with Gasteiger partial charge in [0.2, 0.25) is 0 Å². The SMILES string of the molecule is NCCCCC(N)C(=O)O.O=[P+](O)O. The van der Waals surface area contributed by atoms with Gasteiger partial charge in [0.1, 0.15) is 6.04 Å². The van der Waals surface area contributed by atoms with Crippen LogP contribution < -0.4 is 11.5 Å². The second-order valence-corrected chi connectivity index (χ2v) is 2.99. The molecule has 0 aliphatic carbocycles. The molecule has 8 heteroatoms. The molecule has 1 atom stereocenters. The Hall–Kier alpha value is -0.590. The van der Waals surface area contributed by atoms with Crippen molar-refractivity contribution in [1.29, 1.82) is 0 Å². The number of carboxylic acids is 1. The summed E-state index contributed by atoms with van der Waals surface area (Å²) in [6, 6.07) is -0.716. The maximum atomic E-state index is 10.1. The van der Waals surface area contributed by atoms with Crippen LogP contribution in [0.3, 0.4) is 0 Å². The van der Waals surface area contributed by atoms with Gasteiger partial charge in [-0.15, -0.1) is 9.79 Å². The molecule has 0 bridgehead atoms. The van der Waals surface area contributed by atoms with E-state index in [-0.39, 0.29) is 0 Å². The van der Waals surface area contributed by atoms with Crippen molar-refractivity contribution in [3.05, 3.63) is 0 Å². The lowest BCUT2D eigenvalue weighted by Crippen LogP contribution is -2.29. The fraction of sp³-hybridized carbons (Fsp3) is 0.833. The third-order valence-corrected chi connectivity index (χ3v) is 1.29. The van der Waals surface area contributed by atoms with E-state index < -0.39 is 20.3 Å². The summed E-state index contributed by atoms with van der Waals surface area (Å²) in [6.45, 7) is 0.604. The number of unbranched alkanes of at least 4 members (excludes halogenated alkanes) is 1. The van der Waals surface area contributed by atoms with Crippen LogP contribution >= 0.6 is 8.25 Å². The van der Waals surface area contributed by atoms with Gasteiger partial charge in [-0.3, -0.25) is 4.79 Å². The summed E-state index contributed by atoms with van der Waals surface area (Å²) < 4.78 is 8.70. The van der Waals surface area contributed by atoms with Gasteiger partial charge >= 0.3 is 14.2 Å². The lowest BCUT2D eigenvalue weighted by atomic mass is 10.1. The van der Waals surface area contributed by atoms with Crippen molar-refractivity contribution >= 4 is 14.2 Å². The molecule has 0 fully saturated rings. The van der Waals surface area contributed by atoms with Crippen molar-refractivity contribution in [2.24, 2.45) is 11.5 Å². The molecule has 0 saturated carbocycles. The molecule has 0 aliphatic heterocycles. The zero-order valence-corrected chi connectivity index (χ0v) is 8.56. The molecule has 0 radical (unpaired) electrons. The van der Waals surface area contributed by atoms with Gasteiger partial charge in [-0.25, -0.2) is 0 Å². The lowest BCUT2D eigenvalue weighted by molar-refractivity contribution is -0.138. The van der Waals surface area contributed by atoms with Crippen LogP contribution in [-0.2, 0) is 9.36 Å². The Labute approximate surface area is 82.7 Å². The lowest BCUT2D eigenvalue weighted by Gasteiger charge is -2.03. The predicted molar refractivity (Wildman–Crippen MR) is 50.6 cm³/mol. The number of carbonyl (C=O) groups is 1. The van der Waals surface area contributed by atoms with E-state index >= 15 is 0 Å². The molecule has 0 spiro atoms. The van der Waals surface area contributed by atoms with Crippen LogP contribution in [0.5, 0.6) is 0 Å². The van der Waals surface area contributed by atoms with E-state index in [9.17, 15) is 4.79 Å². The summed E-state index contributed by atoms with van der Waals surface area (Å²) in [6.07, 6.45) is 2.16. The van der Waals surface area contributed by atoms with Gasteiger partial charge in [0, 0.05) is 4.57 Å². The molecular weight excluding hydrogens is 211 g/mol. The highest BCUT2D eigenvalue weighted by atomic mass is 31.1. The first kappa shape index (κ1) is 15.9. The van der Waals surface area contributed by atoms with Crippen LogP contribution in [0, 0.1) is 0 Å². The molecule has 0 saturated heterocycles. The number of hydrogen-bond acceptors (Lipinski definition) is 4. The highest BCUT2D eigenvalue weighted by Gasteiger charge is 2.09. The van der Waals surface area contributed by atoms with Crippen LogP contribution in [0.1, 0.15) is 19.3 Å². The number of hydrogen-bond donors (Lipinski definition) is 5. The monoisotopic (exact) mass is 227 g/mol. The van der Waals surface area contributed by atoms with E-state index in [1.54, 1.807) is 0 Å². The Bertz CT molecular complexity index is 174. The van der Waals surface area contributed by atoms with Crippen LogP contribution in [0.15, 0.2) is 0 Å². The van der Waals surface area contributed by atoms with Crippen LogP contribution in [-0.4, -0.2) is 33.4 Å². The van der Waals surface area contributed by atoms with Crippen LogP contribution in [0.2, 0.25) is 0 Å². The molecule has 0 amide bonds. The second-order valence-electron chi connectivity index (χ2n) is 2.48. The highest BCUT2D eigenvalue weighted by Crippen LogP contribution is 1.98. The van der Waals surface area contributed by atoms with E-state index in [4.69, 9.17) is 30.9 Å². The molecule has 0 heterocycles. The third-order valence-electron chi connectivity index (χ3n) is 1.29. The molecule has 7 nitrogen and oxygen atoms in total. The Morgan fingerprint density at radius 2 is 1.79 bits per heavy atom. The largest absolute Gasteiger partial charge is 0.692 e. The van der Waals surface area contributed by atoms with Gasteiger partial charge in [-0.2, -0.15) is 0 Å². The zero-order chi connectivity index (χ0) is 11.6. The highest BCUT2D eigenvalue weighted by molar-refractivity contribution is 7.30. The minimum Gasteiger partial charge on any atom is -0.480 e. The minimum absolute atomic E-state index is 0.520. The first-order chi connectivity index (χ1) is 6.41. The number of aliphatic carboxylic acids is 1. The van der Waals surface area contributed by atoms with E-state index in [0.29, 0.717) is 13.0 Å². The molecule has 7 N–H and O–H groups in total. The van der Waals surface area contributed by atoms with E-state index in [1.165, 1.54) is 0 Å². The van der Waals surface area contributed by atoms with E-state index in [0.717, 1.165) is 12.8 Å². The summed E-state index contributed by atoms with van der Waals surface area (Å²) in [5.74, 6) is -0.933. The van der Waals surface area contributed by atoms with E-state index in [1.807, 2.05) is 0 Å². The number of carboxylic acid groups (broad SMARTS) is 1. The summed E-state index contributed by atoms with van der Waals surface area (Å²) in [4.78, 5) is 24.4. The second kappa shape index (κ2) is 10.5. The Balaban J connectivity index is 0. The Morgan fingerprint density at radius 1 is 1.36 bits per heavy atom. The van der Waals surface area contributed by atoms with E-state index in [2.05, 4.69) is 0 Å². The van der Waals surface area contributed by atoms with Gasteiger partial charge < -0.3 is 16.6 Å². The smallest absolute Gasteiger partial charge is 0.480 e. The molecule has 0 aromatic carbocycles. The van der Waals surface area contributed by atoms with Crippen molar-refractivity contribution in [1.82, 2.24) is 0 Å². The molecule has 0 aromatic rings. The first-order valence-corrected chi connectivity index (χ1v) is 5.11. The molecule has 0 aliphatic rings. The maximum Gasteiger partial charge on any atom is 0.692 e. The number of rotatable bonds is 5. The van der Waals surface area contributed by atoms with Crippen LogP contribution in [0.4, 0.5) is 0 Å². The van der Waals surface area contributed by atoms with Gasteiger partial charge in [-0.1, -0.05) is 6.42 Å². The zero-order valence-electron chi connectivity index (χ0n) is 7.67. The average Bonchev–Trinajstić information content (AvgIpc) is 2.03. The van der Waals surface area contributed by atoms with Crippen molar-refractivity contribution in [2.45, 2.75) is 25.3 Å². The first-order valence-electron chi connectivity index (χ1n) is 3.95. The Kier molecular flexibility index (Phi) is 11.9. The third kappa shape index (κ3) is 17.5. The topological polar surface area (TPSA) is 147 Å². The van der Waals surface area contributed by atoms with Crippen molar-refractivity contribution in [2.75, 3.05) is 6.54 Å². The van der Waals surface area contributed by atoms with Gasteiger partial charge in [0.05, 0.1) is 0 Å². The molecule has 84 valence electrons. The van der Waals surface area contributed by atoms with Crippen molar-refractivity contribution in [3.8, 4) is 0 Å². The maximum absolute atomic E-state index is 10.1. The van der Waals surface area contributed by atoms with Crippen molar-refractivity contribution < 1.29 is 24.3 Å². The molecular formula is C6H16N2O5P+. The quantitative estimate of drug-likeness (QED) is 0.303. The van der Waals surface area contributed by atoms with Gasteiger partial charge in [-0.05, 0) is 19.4 Å². The van der Waals surface area contributed by atoms with Crippen molar-refractivity contribution in [3.63, 3.8) is 0 Å². The molecule has 0 rings (SSSR count). The summed E-state index contributed by atoms with van der Waals surface area (Å²) >= 11 is 0. The normalized spacial score (nSPS) is 11.1. The van der Waals surface area contributed by atoms with Gasteiger partial charge in [0.15, 0.2) is 0 Å². The molecule has 1 unspecified atom stereocenters.